The zero-order chi connectivity index (χ0) is 20.6. The van der Waals surface area contributed by atoms with Crippen LogP contribution in [0.1, 0.15) is 88.4 Å². The molecule has 0 atom stereocenters. The molecule has 0 saturated heterocycles. The molecule has 0 bridgehead atoms. The number of rotatable bonds is 13. The van der Waals surface area contributed by atoms with Crippen LogP contribution in [-0.4, -0.2) is 23.6 Å². The Morgan fingerprint density at radius 3 is 2.04 bits per heavy atom. The minimum absolute atomic E-state index is 0.0661. The van der Waals surface area contributed by atoms with E-state index in [1.165, 1.54) is 44.9 Å². The molecule has 0 aliphatic rings. The van der Waals surface area contributed by atoms with Crippen LogP contribution in [0.5, 0.6) is 0 Å². The molecule has 0 aromatic heterocycles. The summed E-state index contributed by atoms with van der Waals surface area (Å²) in [4.78, 5) is 23.6. The van der Waals surface area contributed by atoms with Gasteiger partial charge in [-0.15, -0.1) is 0 Å². The molecule has 0 aliphatic heterocycles. The number of carbonyl (C=O) groups excluding carboxylic acids is 2. The van der Waals surface area contributed by atoms with Crippen molar-refractivity contribution in [3.8, 4) is 0 Å². The number of amides is 1. The Morgan fingerprint density at radius 2 is 1.46 bits per heavy atom. The highest BCUT2D eigenvalue weighted by Crippen LogP contribution is 2.12. The maximum atomic E-state index is 12.0. The van der Waals surface area contributed by atoms with Gasteiger partial charge < -0.3 is 15.4 Å². The molecule has 5 nitrogen and oxygen atoms in total. The summed E-state index contributed by atoms with van der Waals surface area (Å²) in [6, 6.07) is 6.77. The van der Waals surface area contributed by atoms with E-state index in [2.05, 4.69) is 17.6 Å². The average molecular weight is 407 g/mol. The second kappa shape index (κ2) is 15.0. The second-order valence-corrected chi connectivity index (χ2v) is 7.29. The quantitative estimate of drug-likeness (QED) is 0.254. The number of unbranched alkanes of at least 4 members (excludes halogenated alkanes) is 8. The molecule has 0 saturated carbocycles. The van der Waals surface area contributed by atoms with Gasteiger partial charge in [0.2, 0.25) is 5.91 Å². The standard InChI is InChI=1S/C22H34N2O3S/c1-3-5-6-7-8-9-10-11-12-13-20(25)24-22(28)23-19-16-14-18(15-17-19)21(26)27-4-2/h14-17H,3-13H2,1-2H3,(H2,23,24,25,28). The van der Waals surface area contributed by atoms with Crippen LogP contribution in [0, 0.1) is 0 Å². The van der Waals surface area contributed by atoms with Gasteiger partial charge >= 0.3 is 5.97 Å². The molecule has 28 heavy (non-hydrogen) atoms. The van der Waals surface area contributed by atoms with Gasteiger partial charge in [0.15, 0.2) is 5.11 Å². The largest absolute Gasteiger partial charge is 0.462 e. The molecule has 1 aromatic carbocycles. The Balaban J connectivity index is 2.16. The fourth-order valence-electron chi connectivity index (χ4n) is 2.85. The third-order valence-corrected chi connectivity index (χ3v) is 4.62. The topological polar surface area (TPSA) is 67.4 Å². The molecule has 0 unspecified atom stereocenters. The van der Waals surface area contributed by atoms with E-state index in [-0.39, 0.29) is 17.0 Å². The highest BCUT2D eigenvalue weighted by molar-refractivity contribution is 7.80. The van der Waals surface area contributed by atoms with E-state index in [1.54, 1.807) is 31.2 Å². The lowest BCUT2D eigenvalue weighted by Crippen LogP contribution is -2.33. The van der Waals surface area contributed by atoms with E-state index in [0.717, 1.165) is 12.8 Å². The monoisotopic (exact) mass is 406 g/mol. The van der Waals surface area contributed by atoms with E-state index in [4.69, 9.17) is 17.0 Å². The molecule has 0 spiro atoms. The first-order valence-corrected chi connectivity index (χ1v) is 10.9. The molecular weight excluding hydrogens is 372 g/mol. The average Bonchev–Trinajstić information content (AvgIpc) is 2.67. The summed E-state index contributed by atoms with van der Waals surface area (Å²) in [7, 11) is 0. The molecule has 0 heterocycles. The third kappa shape index (κ3) is 11.0. The highest BCUT2D eigenvalue weighted by atomic mass is 32.1. The van der Waals surface area contributed by atoms with Crippen molar-refractivity contribution in [3.05, 3.63) is 29.8 Å². The molecule has 0 aliphatic carbocycles. The maximum Gasteiger partial charge on any atom is 0.338 e. The van der Waals surface area contributed by atoms with E-state index < -0.39 is 0 Å². The number of nitrogens with one attached hydrogen (secondary N) is 2. The third-order valence-electron chi connectivity index (χ3n) is 4.41. The molecule has 6 heteroatoms. The van der Waals surface area contributed by atoms with Gasteiger partial charge in [0.05, 0.1) is 12.2 Å². The van der Waals surface area contributed by atoms with Crippen molar-refractivity contribution in [1.82, 2.24) is 5.32 Å². The van der Waals surface area contributed by atoms with Crippen LogP contribution in [0.3, 0.4) is 0 Å². The first-order chi connectivity index (χ1) is 13.6. The van der Waals surface area contributed by atoms with E-state index in [0.29, 0.717) is 24.3 Å². The molecule has 0 radical (unpaired) electrons. The molecule has 1 aromatic rings. The smallest absolute Gasteiger partial charge is 0.338 e. The van der Waals surface area contributed by atoms with E-state index >= 15 is 0 Å². The summed E-state index contributed by atoms with van der Waals surface area (Å²) in [5, 5.41) is 5.92. The van der Waals surface area contributed by atoms with Crippen molar-refractivity contribution in [2.24, 2.45) is 0 Å². The molecule has 1 amide bonds. The van der Waals surface area contributed by atoms with E-state index in [1.807, 2.05) is 0 Å². The number of benzene rings is 1. The van der Waals surface area contributed by atoms with Crippen molar-refractivity contribution in [2.45, 2.75) is 78.1 Å². The maximum absolute atomic E-state index is 12.0. The molecule has 1 rings (SSSR count). The zero-order valence-corrected chi connectivity index (χ0v) is 18.0. The number of thiocarbonyl (C=S) groups is 1. The van der Waals surface area contributed by atoms with Crippen molar-refractivity contribution in [1.29, 1.82) is 0 Å². The van der Waals surface area contributed by atoms with Crippen LogP contribution < -0.4 is 10.6 Å². The number of ether oxygens (including phenoxy) is 1. The second-order valence-electron chi connectivity index (χ2n) is 6.88. The van der Waals surface area contributed by atoms with Gasteiger partial charge in [0.25, 0.3) is 0 Å². The van der Waals surface area contributed by atoms with Gasteiger partial charge in [0.1, 0.15) is 0 Å². The van der Waals surface area contributed by atoms with Crippen LogP contribution in [0.4, 0.5) is 5.69 Å². The fraction of sp³-hybridized carbons (Fsp3) is 0.591. The molecule has 156 valence electrons. The van der Waals surface area contributed by atoms with Gasteiger partial charge in [-0.25, -0.2) is 4.79 Å². The SMILES string of the molecule is CCCCCCCCCCCC(=O)NC(=S)Nc1ccc(C(=O)OCC)cc1. The first-order valence-electron chi connectivity index (χ1n) is 10.4. The molecular formula is C22H34N2O3S. The number of hydrogen-bond donors (Lipinski definition) is 2. The summed E-state index contributed by atoms with van der Waals surface area (Å²) in [5.41, 5.74) is 1.19. The van der Waals surface area contributed by atoms with Gasteiger partial charge in [-0.3, -0.25) is 4.79 Å². The van der Waals surface area contributed by atoms with Gasteiger partial charge in [-0.1, -0.05) is 58.3 Å². The summed E-state index contributed by atoms with van der Waals surface area (Å²) >= 11 is 5.17. The minimum Gasteiger partial charge on any atom is -0.462 e. The van der Waals surface area contributed by atoms with Crippen LogP contribution in [0.15, 0.2) is 24.3 Å². The summed E-state index contributed by atoms with van der Waals surface area (Å²) < 4.78 is 4.94. The summed E-state index contributed by atoms with van der Waals surface area (Å²) in [6.45, 7) is 4.34. The fourth-order valence-corrected chi connectivity index (χ4v) is 3.08. The number of hydrogen-bond acceptors (Lipinski definition) is 4. The van der Waals surface area contributed by atoms with Gasteiger partial charge in [-0.2, -0.15) is 0 Å². The number of anilines is 1. The van der Waals surface area contributed by atoms with Crippen molar-refractivity contribution < 1.29 is 14.3 Å². The Kier molecular flexibility index (Phi) is 12.9. The van der Waals surface area contributed by atoms with Crippen LogP contribution >= 0.6 is 12.2 Å². The van der Waals surface area contributed by atoms with Gasteiger partial charge in [0, 0.05) is 12.1 Å². The number of esters is 1. The Morgan fingerprint density at radius 1 is 0.893 bits per heavy atom. The zero-order valence-electron chi connectivity index (χ0n) is 17.2. The Hall–Kier alpha value is -1.95. The lowest BCUT2D eigenvalue weighted by molar-refractivity contribution is -0.119. The van der Waals surface area contributed by atoms with Gasteiger partial charge in [-0.05, 0) is 49.8 Å². The number of carbonyl (C=O) groups is 2. The highest BCUT2D eigenvalue weighted by Gasteiger charge is 2.07. The lowest BCUT2D eigenvalue weighted by atomic mass is 10.1. The minimum atomic E-state index is -0.356. The van der Waals surface area contributed by atoms with Crippen LogP contribution in [0.2, 0.25) is 0 Å². The van der Waals surface area contributed by atoms with Crippen molar-refractivity contribution >= 4 is 34.9 Å². The van der Waals surface area contributed by atoms with Crippen molar-refractivity contribution in [3.63, 3.8) is 0 Å². The predicted octanol–water partition coefficient (Wildman–Crippen LogP) is 5.60. The molecule has 2 N–H and O–H groups in total. The summed E-state index contributed by atoms with van der Waals surface area (Å²) in [6.07, 6.45) is 11.5. The Bertz CT molecular complexity index is 602. The lowest BCUT2D eigenvalue weighted by Gasteiger charge is -2.10. The van der Waals surface area contributed by atoms with E-state index in [9.17, 15) is 9.59 Å². The van der Waals surface area contributed by atoms with Crippen molar-refractivity contribution in [2.75, 3.05) is 11.9 Å². The molecule has 0 fully saturated rings. The Labute approximate surface area is 174 Å². The normalized spacial score (nSPS) is 10.4. The first kappa shape index (κ1) is 24.1. The predicted molar refractivity (Wildman–Crippen MR) is 119 cm³/mol. The van der Waals surface area contributed by atoms with Crippen LogP contribution in [-0.2, 0) is 9.53 Å². The summed E-state index contributed by atoms with van der Waals surface area (Å²) in [5.74, 6) is -0.422. The van der Waals surface area contributed by atoms with Crippen LogP contribution in [0.25, 0.3) is 0 Å².